The molecule has 1 rings (SSSR count). The summed E-state index contributed by atoms with van der Waals surface area (Å²) in [5.74, 6) is 0.767. The van der Waals surface area contributed by atoms with E-state index in [1.165, 1.54) is 0 Å². The molecule has 3 nitrogen and oxygen atoms in total. The highest BCUT2D eigenvalue weighted by molar-refractivity contribution is 7.91. The van der Waals surface area contributed by atoms with Gasteiger partial charge in [0.1, 0.15) is 16.1 Å². The Morgan fingerprint density at radius 2 is 2.00 bits per heavy atom. The van der Waals surface area contributed by atoms with Gasteiger partial charge >= 0.3 is 0 Å². The van der Waals surface area contributed by atoms with Gasteiger partial charge < -0.3 is 9.29 Å². The zero-order valence-electron chi connectivity index (χ0n) is 10.6. The molecule has 0 bridgehead atoms. The van der Waals surface area contributed by atoms with Gasteiger partial charge in [-0.2, -0.15) is 0 Å². The van der Waals surface area contributed by atoms with Crippen LogP contribution < -0.4 is 0 Å². The smallest absolute Gasteiger partial charge is 0.144 e. The number of hydrogen-bond acceptors (Lipinski definition) is 3. The minimum atomic E-state index is -1.10. The SMILES string of the molecule is CC(C)(C)[S@+]([O-])/N=C/CCC1CCOCC1. The molecule has 0 aromatic rings. The van der Waals surface area contributed by atoms with Crippen molar-refractivity contribution in [3.63, 3.8) is 0 Å². The molecule has 0 amide bonds. The molecule has 0 aromatic heterocycles. The van der Waals surface area contributed by atoms with E-state index < -0.39 is 11.4 Å². The van der Waals surface area contributed by atoms with Gasteiger partial charge in [0.2, 0.25) is 0 Å². The first kappa shape index (κ1) is 14.0. The molecule has 4 heteroatoms. The van der Waals surface area contributed by atoms with Crippen LogP contribution in [0.4, 0.5) is 0 Å². The fourth-order valence-electron chi connectivity index (χ4n) is 1.62. The van der Waals surface area contributed by atoms with Gasteiger partial charge in [0, 0.05) is 13.2 Å². The standard InChI is InChI=1S/C12H23NO2S/c1-12(2,3)16(14)13-8-4-5-11-6-9-15-10-7-11/h8,11H,4-7,9-10H2,1-3H3/b13-8+/t16-/m0/s1. The summed E-state index contributed by atoms with van der Waals surface area (Å²) >= 11 is -1.10. The molecule has 1 aliphatic heterocycles. The summed E-state index contributed by atoms with van der Waals surface area (Å²) in [7, 11) is 0. The van der Waals surface area contributed by atoms with E-state index in [9.17, 15) is 4.55 Å². The molecule has 1 fully saturated rings. The zero-order chi connectivity index (χ0) is 12.0. The highest BCUT2D eigenvalue weighted by Gasteiger charge is 2.25. The molecule has 16 heavy (non-hydrogen) atoms. The van der Waals surface area contributed by atoms with Crippen molar-refractivity contribution in [2.45, 2.75) is 51.2 Å². The summed E-state index contributed by atoms with van der Waals surface area (Å²) < 4.78 is 20.8. The lowest BCUT2D eigenvalue weighted by molar-refractivity contribution is 0.0646. The number of nitrogens with zero attached hydrogens (tertiary/aromatic N) is 1. The van der Waals surface area contributed by atoms with Crippen LogP contribution in [0.2, 0.25) is 0 Å². The van der Waals surface area contributed by atoms with E-state index in [1.54, 1.807) is 0 Å². The van der Waals surface area contributed by atoms with Crippen molar-refractivity contribution < 1.29 is 9.29 Å². The van der Waals surface area contributed by atoms with E-state index in [2.05, 4.69) is 4.40 Å². The predicted molar refractivity (Wildman–Crippen MR) is 69.2 cm³/mol. The van der Waals surface area contributed by atoms with Crippen molar-refractivity contribution in [2.24, 2.45) is 10.3 Å². The summed E-state index contributed by atoms with van der Waals surface area (Å²) in [5.41, 5.74) is 0. The quantitative estimate of drug-likeness (QED) is 0.564. The molecule has 0 saturated carbocycles. The zero-order valence-corrected chi connectivity index (χ0v) is 11.4. The maximum atomic E-state index is 11.6. The average molecular weight is 245 g/mol. The second-order valence-electron chi connectivity index (χ2n) is 5.28. The monoisotopic (exact) mass is 245 g/mol. The van der Waals surface area contributed by atoms with Gasteiger partial charge in [-0.25, -0.2) is 0 Å². The van der Waals surface area contributed by atoms with Crippen LogP contribution in [0.25, 0.3) is 0 Å². The van der Waals surface area contributed by atoms with E-state index in [4.69, 9.17) is 4.74 Å². The molecule has 0 N–H and O–H groups in total. The molecule has 1 heterocycles. The molecule has 94 valence electrons. The Morgan fingerprint density at radius 1 is 1.38 bits per heavy atom. The second kappa shape index (κ2) is 6.62. The molecule has 0 radical (unpaired) electrons. The molecular weight excluding hydrogens is 222 g/mol. The molecule has 1 aliphatic rings. The number of rotatable bonds is 4. The summed E-state index contributed by atoms with van der Waals surface area (Å²) in [6, 6.07) is 0. The molecule has 1 saturated heterocycles. The Labute approximate surface area is 102 Å². The molecular formula is C12H23NO2S. The lowest BCUT2D eigenvalue weighted by Crippen LogP contribution is -2.25. The van der Waals surface area contributed by atoms with Gasteiger partial charge in [0.25, 0.3) is 0 Å². The third-order valence-corrected chi connectivity index (χ3v) is 4.13. The highest BCUT2D eigenvalue weighted by atomic mass is 32.2. The lowest BCUT2D eigenvalue weighted by atomic mass is 9.95. The van der Waals surface area contributed by atoms with Crippen LogP contribution in [-0.4, -0.2) is 28.7 Å². The van der Waals surface area contributed by atoms with Crippen LogP contribution in [0, 0.1) is 5.92 Å². The maximum absolute atomic E-state index is 11.6. The maximum Gasteiger partial charge on any atom is 0.144 e. The Morgan fingerprint density at radius 3 is 2.56 bits per heavy atom. The van der Waals surface area contributed by atoms with Crippen molar-refractivity contribution in [1.29, 1.82) is 0 Å². The van der Waals surface area contributed by atoms with Crippen LogP contribution in [0.5, 0.6) is 0 Å². The van der Waals surface area contributed by atoms with Crippen molar-refractivity contribution in [3.05, 3.63) is 0 Å². The predicted octanol–water partition coefficient (Wildman–Crippen LogP) is 2.73. The Balaban J connectivity index is 2.16. The Bertz CT molecular complexity index is 220. The first-order valence-corrected chi connectivity index (χ1v) is 7.13. The summed E-state index contributed by atoms with van der Waals surface area (Å²) in [6.45, 7) is 7.63. The van der Waals surface area contributed by atoms with Gasteiger partial charge in [-0.1, -0.05) is 4.40 Å². The topological polar surface area (TPSA) is 44.7 Å². The van der Waals surface area contributed by atoms with E-state index in [0.717, 1.165) is 44.8 Å². The fourth-order valence-corrected chi connectivity index (χ4v) is 2.18. The lowest BCUT2D eigenvalue weighted by Gasteiger charge is -2.21. The summed E-state index contributed by atoms with van der Waals surface area (Å²) in [4.78, 5) is 0. The van der Waals surface area contributed by atoms with Gasteiger partial charge in [-0.3, -0.25) is 0 Å². The third-order valence-electron chi connectivity index (χ3n) is 2.74. The minimum Gasteiger partial charge on any atom is -0.591 e. The normalized spacial score (nSPS) is 21.5. The summed E-state index contributed by atoms with van der Waals surface area (Å²) in [6.07, 6.45) is 6.24. The van der Waals surface area contributed by atoms with E-state index >= 15 is 0 Å². The minimum absolute atomic E-state index is 0.241. The molecule has 0 spiro atoms. The largest absolute Gasteiger partial charge is 0.591 e. The first-order valence-electron chi connectivity index (χ1n) is 6.02. The second-order valence-corrected chi connectivity index (χ2v) is 7.22. The van der Waals surface area contributed by atoms with Gasteiger partial charge in [-0.05, 0) is 52.4 Å². The Hall–Kier alpha value is -0.0600. The fraction of sp³-hybridized carbons (Fsp3) is 0.917. The van der Waals surface area contributed by atoms with Crippen molar-refractivity contribution in [1.82, 2.24) is 0 Å². The summed E-state index contributed by atoms with van der Waals surface area (Å²) in [5, 5.41) is 0. The number of ether oxygens (including phenoxy) is 1. The van der Waals surface area contributed by atoms with Crippen LogP contribution in [0.3, 0.4) is 0 Å². The van der Waals surface area contributed by atoms with Gasteiger partial charge in [-0.15, -0.1) is 0 Å². The highest BCUT2D eigenvalue weighted by Crippen LogP contribution is 2.20. The third kappa shape index (κ3) is 5.32. The van der Waals surface area contributed by atoms with Crippen LogP contribution in [-0.2, 0) is 16.1 Å². The first-order chi connectivity index (χ1) is 7.50. The van der Waals surface area contributed by atoms with Crippen molar-refractivity contribution >= 4 is 17.6 Å². The van der Waals surface area contributed by atoms with Crippen LogP contribution >= 0.6 is 0 Å². The molecule has 0 unspecified atom stereocenters. The molecule has 0 aliphatic carbocycles. The average Bonchev–Trinajstić information content (AvgIpc) is 2.24. The molecule has 1 atom stereocenters. The van der Waals surface area contributed by atoms with Gasteiger partial charge in [0.05, 0.1) is 6.21 Å². The van der Waals surface area contributed by atoms with E-state index in [0.29, 0.717) is 0 Å². The molecule has 0 aromatic carbocycles. The van der Waals surface area contributed by atoms with Crippen LogP contribution in [0.15, 0.2) is 4.40 Å². The van der Waals surface area contributed by atoms with Crippen molar-refractivity contribution in [2.75, 3.05) is 13.2 Å². The van der Waals surface area contributed by atoms with Crippen molar-refractivity contribution in [3.8, 4) is 0 Å². The van der Waals surface area contributed by atoms with E-state index in [-0.39, 0.29) is 4.75 Å². The van der Waals surface area contributed by atoms with Gasteiger partial charge in [0.15, 0.2) is 0 Å². The van der Waals surface area contributed by atoms with E-state index in [1.807, 2.05) is 27.0 Å². The van der Waals surface area contributed by atoms with Crippen LogP contribution in [0.1, 0.15) is 46.5 Å². The number of hydrogen-bond donors (Lipinski definition) is 0. The Kier molecular flexibility index (Phi) is 5.79.